The first kappa shape index (κ1) is 42.4. The van der Waals surface area contributed by atoms with E-state index in [4.69, 9.17) is 14.2 Å². The zero-order valence-corrected chi connectivity index (χ0v) is 34.3. The molecule has 1 saturated heterocycles. The predicted molar refractivity (Wildman–Crippen MR) is 204 cm³/mol. The predicted octanol–water partition coefficient (Wildman–Crippen LogP) is 5.68. The first-order valence-electron chi connectivity index (χ1n) is 19.8. The van der Waals surface area contributed by atoms with Crippen molar-refractivity contribution < 1.29 is 59.4 Å². The molecule has 14 nitrogen and oxygen atoms in total. The molecular weight excluding hydrogens is 803 g/mol. The second kappa shape index (κ2) is 14.8. The summed E-state index contributed by atoms with van der Waals surface area (Å²) in [5, 5.41) is 5.32. The third kappa shape index (κ3) is 8.27. The van der Waals surface area contributed by atoms with E-state index in [1.165, 1.54) is 32.2 Å². The summed E-state index contributed by atoms with van der Waals surface area (Å²) in [5.41, 5.74) is -6.69. The Morgan fingerprint density at radius 1 is 1.07 bits per heavy atom. The molecule has 0 unspecified atom stereocenters. The highest BCUT2D eigenvalue weighted by Crippen LogP contribution is 2.54. The van der Waals surface area contributed by atoms with Crippen LogP contribution in [0, 0.1) is 5.92 Å². The summed E-state index contributed by atoms with van der Waals surface area (Å²) in [7, 11) is -2.80. The molecule has 59 heavy (non-hydrogen) atoms. The molecule has 0 bridgehead atoms. The number of carbonyl (C=O) groups is 4. The maximum atomic E-state index is 16.8. The molecule has 5 aliphatic rings. The number of benzene rings is 1. The number of methoxy groups -OCH3 is 1. The van der Waals surface area contributed by atoms with Crippen molar-refractivity contribution in [1.29, 1.82) is 0 Å². The largest absolute Gasteiger partial charge is 0.497 e. The molecule has 6 atom stereocenters. The van der Waals surface area contributed by atoms with E-state index in [0.717, 1.165) is 4.90 Å². The smallest absolute Gasteiger partial charge is 0.437 e. The van der Waals surface area contributed by atoms with Gasteiger partial charge >= 0.3 is 12.3 Å². The van der Waals surface area contributed by atoms with Gasteiger partial charge < -0.3 is 29.7 Å². The summed E-state index contributed by atoms with van der Waals surface area (Å²) in [5.74, 6) is -4.00. The van der Waals surface area contributed by atoms with Crippen LogP contribution in [0.4, 0.5) is 22.4 Å². The van der Waals surface area contributed by atoms with Crippen molar-refractivity contribution >= 4 is 44.7 Å². The maximum absolute atomic E-state index is 16.8. The first-order chi connectivity index (χ1) is 27.5. The maximum Gasteiger partial charge on any atom is 0.437 e. The van der Waals surface area contributed by atoms with E-state index in [1.54, 1.807) is 26.8 Å². The molecule has 1 aromatic carbocycles. The van der Waals surface area contributed by atoms with Gasteiger partial charge in [-0.2, -0.15) is 13.2 Å². The zero-order valence-electron chi connectivity index (χ0n) is 33.5. The van der Waals surface area contributed by atoms with E-state index in [0.29, 0.717) is 38.5 Å². The van der Waals surface area contributed by atoms with Crippen LogP contribution in [0.5, 0.6) is 11.5 Å². The fraction of sp³-hybridized carbons (Fsp3) is 0.625. The Bertz CT molecular complexity index is 2210. The Labute approximate surface area is 339 Å². The van der Waals surface area contributed by atoms with Crippen molar-refractivity contribution in [2.75, 3.05) is 13.7 Å². The molecule has 4 heterocycles. The lowest BCUT2D eigenvalue weighted by Crippen LogP contribution is -2.58. The monoisotopic (exact) mass is 851 g/mol. The lowest BCUT2D eigenvalue weighted by Gasteiger charge is -2.38. The molecule has 3 aliphatic heterocycles. The lowest BCUT2D eigenvalue weighted by atomic mass is 9.85. The molecule has 3 fully saturated rings. The van der Waals surface area contributed by atoms with Crippen molar-refractivity contribution in [3.05, 3.63) is 41.6 Å². The van der Waals surface area contributed by atoms with Crippen molar-refractivity contribution in [3.63, 3.8) is 0 Å². The summed E-state index contributed by atoms with van der Waals surface area (Å²) in [4.78, 5) is 61.2. The van der Waals surface area contributed by atoms with Crippen molar-refractivity contribution in [2.24, 2.45) is 5.92 Å². The SMILES string of the molecule is COc1ccc2nc(C(F)(F)F)c3c(c2c1)[C@H](F)C[C@]1(C[C@H]2C(=O)N[C@]4(C(=O)NS(=O)(=O)C5(C)CC5)C[C@H]4/C=C\CCCCC[C@H](NC(=O)OC(C)(C)C)C(=O)N2C1)O3. The zero-order chi connectivity index (χ0) is 42.9. The molecule has 7 rings (SSSR count). The molecule has 2 aromatic rings. The number of aromatic nitrogens is 1. The van der Waals surface area contributed by atoms with Gasteiger partial charge in [0.05, 0.1) is 23.9 Å². The van der Waals surface area contributed by atoms with E-state index in [2.05, 4.69) is 20.3 Å². The number of carbonyl (C=O) groups excluding carboxylic acids is 4. The molecular formula is C40H49F4N5O9S. The summed E-state index contributed by atoms with van der Waals surface area (Å²) in [6, 6.07) is 1.17. The van der Waals surface area contributed by atoms with E-state index >= 15 is 4.39 Å². The Balaban J connectivity index is 1.29. The van der Waals surface area contributed by atoms with E-state index in [-0.39, 0.29) is 29.5 Å². The summed E-state index contributed by atoms with van der Waals surface area (Å²) in [6.07, 6.45) is -2.60. The molecule has 2 saturated carbocycles. The number of alkyl carbamates (subject to hydrolysis) is 1. The van der Waals surface area contributed by atoms with Gasteiger partial charge in [0.2, 0.25) is 21.8 Å². The Kier molecular flexibility index (Phi) is 10.6. The molecule has 1 spiro atoms. The number of nitrogens with one attached hydrogen (secondary N) is 3. The number of pyridine rings is 1. The van der Waals surface area contributed by atoms with Crippen LogP contribution in [-0.2, 0) is 35.3 Å². The van der Waals surface area contributed by atoms with Gasteiger partial charge in [0.15, 0.2) is 11.4 Å². The number of amides is 4. The molecule has 2 aliphatic carbocycles. The fourth-order valence-electron chi connectivity index (χ4n) is 8.33. The van der Waals surface area contributed by atoms with Crippen LogP contribution >= 0.6 is 0 Å². The van der Waals surface area contributed by atoms with E-state index in [1.807, 2.05) is 6.08 Å². The van der Waals surface area contributed by atoms with Gasteiger partial charge in [0, 0.05) is 29.7 Å². The lowest BCUT2D eigenvalue weighted by molar-refractivity contribution is -0.145. The van der Waals surface area contributed by atoms with Crippen LogP contribution in [0.2, 0.25) is 0 Å². The minimum absolute atomic E-state index is 0.0220. The average Bonchev–Trinajstić information content (AvgIpc) is 4.03. The summed E-state index contributed by atoms with van der Waals surface area (Å²) in [6.45, 7) is 5.81. The van der Waals surface area contributed by atoms with Crippen molar-refractivity contribution in [1.82, 2.24) is 25.2 Å². The second-order valence-corrected chi connectivity index (χ2v) is 19.8. The molecule has 1 aromatic heterocycles. The van der Waals surface area contributed by atoms with Gasteiger partial charge in [0.1, 0.15) is 40.7 Å². The topological polar surface area (TPSA) is 182 Å². The molecule has 4 amide bonds. The third-order valence-corrected chi connectivity index (χ3v) is 14.1. The van der Waals surface area contributed by atoms with Crippen molar-refractivity contribution in [3.8, 4) is 11.5 Å². The van der Waals surface area contributed by atoms with Gasteiger partial charge in [-0.05, 0) is 84.4 Å². The number of sulfonamides is 1. The van der Waals surface area contributed by atoms with Gasteiger partial charge in [-0.1, -0.05) is 25.0 Å². The highest BCUT2D eigenvalue weighted by molar-refractivity contribution is 7.91. The quantitative estimate of drug-likeness (QED) is 0.250. The second-order valence-electron chi connectivity index (χ2n) is 17.6. The van der Waals surface area contributed by atoms with Crippen LogP contribution in [-0.4, -0.2) is 89.3 Å². The number of hydrogen-bond acceptors (Lipinski definition) is 10. The minimum atomic E-state index is -5.11. The first-order valence-corrected chi connectivity index (χ1v) is 21.3. The van der Waals surface area contributed by atoms with Crippen LogP contribution in [0.15, 0.2) is 30.4 Å². The highest BCUT2D eigenvalue weighted by atomic mass is 32.2. The number of rotatable bonds is 5. The molecule has 3 N–H and O–H groups in total. The number of halogens is 4. The Morgan fingerprint density at radius 2 is 1.80 bits per heavy atom. The normalized spacial score (nSPS) is 30.0. The van der Waals surface area contributed by atoms with E-state index < -0.39 is 122 Å². The van der Waals surface area contributed by atoms with Gasteiger partial charge in [0.25, 0.3) is 5.91 Å². The number of allylic oxidation sites excluding steroid dienone is 1. The van der Waals surface area contributed by atoms with Crippen LogP contribution in [0.25, 0.3) is 10.9 Å². The van der Waals surface area contributed by atoms with Crippen LogP contribution < -0.4 is 24.8 Å². The molecule has 19 heteroatoms. The standard InChI is InChI=1S/C40H49F4N5O9S/c1-36(2,3)58-35(53)46-27-12-10-8-6-7-9-11-22-18-39(22,34(52)48-59(54,55)37(4)15-16-37)47-32(50)28-20-38(21-49(28)33(27)51)19-25(41)29-24-17-23(56-5)13-14-26(24)45-31(30(29)57-38)40(42,43)44/h9,11,13-14,17,22,25,27-28H,6-8,10,12,15-16,18-21H2,1-5H3,(H,46,53)(H,47,50)(H,48,52)/b11-9-/t22-,25-,27+,28+,38-,39-/m1/s1. The number of alkyl halides is 4. The molecule has 322 valence electrons. The summed E-state index contributed by atoms with van der Waals surface area (Å²) >= 11 is 0. The number of nitrogens with zero attached hydrogens (tertiary/aromatic N) is 2. The van der Waals surface area contributed by atoms with Crippen molar-refractivity contribution in [2.45, 2.75) is 138 Å². The number of hydrogen-bond donors (Lipinski definition) is 3. The van der Waals surface area contributed by atoms with Gasteiger partial charge in [-0.25, -0.2) is 22.6 Å². The average molecular weight is 852 g/mol. The van der Waals surface area contributed by atoms with Crippen LogP contribution in [0.1, 0.15) is 109 Å². The Morgan fingerprint density at radius 3 is 2.46 bits per heavy atom. The number of ether oxygens (including phenoxy) is 3. The van der Waals surface area contributed by atoms with Gasteiger partial charge in [-0.15, -0.1) is 0 Å². The summed E-state index contributed by atoms with van der Waals surface area (Å²) < 4.78 is 105. The Hall–Kier alpha value is -4.68. The minimum Gasteiger partial charge on any atom is -0.497 e. The molecule has 0 radical (unpaired) electrons. The van der Waals surface area contributed by atoms with Gasteiger partial charge in [-0.3, -0.25) is 19.1 Å². The van der Waals surface area contributed by atoms with E-state index in [9.17, 15) is 40.8 Å². The highest BCUT2D eigenvalue weighted by Gasteiger charge is 2.64. The third-order valence-electron chi connectivity index (χ3n) is 11.9. The number of fused-ring (bicyclic) bond motifs is 5. The fourth-order valence-corrected chi connectivity index (χ4v) is 9.64. The van der Waals surface area contributed by atoms with Crippen LogP contribution in [0.3, 0.4) is 0 Å².